The number of hydrogen-bond donors (Lipinski definition) is 2. The van der Waals surface area contributed by atoms with Gasteiger partial charge >= 0.3 is 12.0 Å². The van der Waals surface area contributed by atoms with Crippen molar-refractivity contribution in [3.63, 3.8) is 0 Å². The summed E-state index contributed by atoms with van der Waals surface area (Å²) in [5.41, 5.74) is 0.414. The van der Waals surface area contributed by atoms with Crippen molar-refractivity contribution in [2.24, 2.45) is 5.92 Å². The summed E-state index contributed by atoms with van der Waals surface area (Å²) in [6.45, 7) is 3.62. The summed E-state index contributed by atoms with van der Waals surface area (Å²) in [5, 5.41) is 11.9. The van der Waals surface area contributed by atoms with Crippen molar-refractivity contribution in [2.45, 2.75) is 26.2 Å². The average molecular weight is 355 g/mol. The van der Waals surface area contributed by atoms with Gasteiger partial charge in [0.2, 0.25) is 0 Å². The molecule has 1 heterocycles. The van der Waals surface area contributed by atoms with Crippen molar-refractivity contribution < 1.29 is 14.7 Å². The number of aromatic carboxylic acids is 1. The van der Waals surface area contributed by atoms with E-state index in [0.29, 0.717) is 11.6 Å². The smallest absolute Gasteiger partial charge is 0.337 e. The zero-order chi connectivity index (χ0) is 15.4. The number of likely N-dealkylation sites (tertiary alicyclic amines) is 1. The molecular weight excluding hydrogens is 336 g/mol. The van der Waals surface area contributed by atoms with Gasteiger partial charge in [-0.2, -0.15) is 0 Å². The average Bonchev–Trinajstić information content (AvgIpc) is 2.87. The first-order chi connectivity index (χ1) is 10.0. The van der Waals surface area contributed by atoms with Gasteiger partial charge in [-0.15, -0.1) is 0 Å². The van der Waals surface area contributed by atoms with Crippen LogP contribution in [0.25, 0.3) is 0 Å². The maximum atomic E-state index is 12.3. The van der Waals surface area contributed by atoms with Crippen LogP contribution >= 0.6 is 15.9 Å². The van der Waals surface area contributed by atoms with Gasteiger partial charge in [0.15, 0.2) is 0 Å². The third-order valence-corrected chi connectivity index (χ3v) is 4.22. The van der Waals surface area contributed by atoms with Crippen LogP contribution in [0.3, 0.4) is 0 Å². The zero-order valence-corrected chi connectivity index (χ0v) is 13.5. The molecule has 0 aliphatic carbocycles. The minimum Gasteiger partial charge on any atom is -0.478 e. The number of carbonyl (C=O) groups excluding carboxylic acids is 1. The van der Waals surface area contributed by atoms with E-state index < -0.39 is 5.97 Å². The molecule has 6 heteroatoms. The Morgan fingerprint density at radius 3 is 2.90 bits per heavy atom. The van der Waals surface area contributed by atoms with E-state index in [0.717, 1.165) is 36.8 Å². The van der Waals surface area contributed by atoms with E-state index in [-0.39, 0.29) is 11.6 Å². The van der Waals surface area contributed by atoms with Crippen LogP contribution in [-0.2, 0) is 0 Å². The molecule has 2 amide bonds. The number of urea groups is 1. The summed E-state index contributed by atoms with van der Waals surface area (Å²) < 4.78 is 0.730. The van der Waals surface area contributed by atoms with Gasteiger partial charge in [-0.25, -0.2) is 9.59 Å². The second-order valence-corrected chi connectivity index (χ2v) is 6.23. The number of nitrogens with zero attached hydrogens (tertiary/aromatic N) is 1. The van der Waals surface area contributed by atoms with E-state index in [1.165, 1.54) is 6.07 Å². The lowest BCUT2D eigenvalue weighted by Crippen LogP contribution is -2.33. The Kier molecular flexibility index (Phi) is 5.22. The number of rotatable bonds is 4. The summed E-state index contributed by atoms with van der Waals surface area (Å²) >= 11 is 3.29. The number of halogens is 1. The second-order valence-electron chi connectivity index (χ2n) is 5.31. The molecule has 1 aliphatic rings. The fraction of sp³-hybridized carbons (Fsp3) is 0.467. The number of hydrogen-bond acceptors (Lipinski definition) is 2. The van der Waals surface area contributed by atoms with Crippen LogP contribution in [0.4, 0.5) is 10.5 Å². The Labute approximate surface area is 132 Å². The molecule has 0 aromatic heterocycles. The molecule has 1 aromatic carbocycles. The Balaban J connectivity index is 2.06. The number of carbonyl (C=O) groups is 2. The normalized spacial score (nSPS) is 17.8. The lowest BCUT2D eigenvalue weighted by atomic mass is 10.0. The van der Waals surface area contributed by atoms with Crippen LogP contribution < -0.4 is 5.32 Å². The number of anilines is 1. The number of carboxylic acids is 1. The van der Waals surface area contributed by atoms with Gasteiger partial charge in [0, 0.05) is 17.6 Å². The largest absolute Gasteiger partial charge is 0.478 e. The van der Waals surface area contributed by atoms with Crippen LogP contribution in [0.2, 0.25) is 0 Å². The highest BCUT2D eigenvalue weighted by molar-refractivity contribution is 9.10. The van der Waals surface area contributed by atoms with Gasteiger partial charge in [0.05, 0.1) is 11.3 Å². The molecular formula is C15H19BrN2O3. The van der Waals surface area contributed by atoms with Crippen LogP contribution in [0.5, 0.6) is 0 Å². The lowest BCUT2D eigenvalue weighted by molar-refractivity contribution is 0.0698. The Morgan fingerprint density at radius 1 is 1.48 bits per heavy atom. The van der Waals surface area contributed by atoms with E-state index in [1.54, 1.807) is 17.0 Å². The topological polar surface area (TPSA) is 69.6 Å². The highest BCUT2D eigenvalue weighted by Crippen LogP contribution is 2.24. The van der Waals surface area contributed by atoms with Crippen molar-refractivity contribution in [3.05, 3.63) is 28.2 Å². The minimum absolute atomic E-state index is 0.0934. The molecule has 0 bridgehead atoms. The highest BCUT2D eigenvalue weighted by atomic mass is 79.9. The maximum Gasteiger partial charge on any atom is 0.337 e. The quantitative estimate of drug-likeness (QED) is 0.863. The van der Waals surface area contributed by atoms with Gasteiger partial charge in [-0.05, 0) is 37.0 Å². The molecule has 1 fully saturated rings. The fourth-order valence-electron chi connectivity index (χ4n) is 2.66. The van der Waals surface area contributed by atoms with Gasteiger partial charge in [0.1, 0.15) is 0 Å². The summed E-state index contributed by atoms with van der Waals surface area (Å²) in [7, 11) is 0. The first-order valence-corrected chi connectivity index (χ1v) is 7.89. The molecule has 114 valence electrons. The molecule has 21 heavy (non-hydrogen) atoms. The van der Waals surface area contributed by atoms with Crippen molar-refractivity contribution in [2.75, 3.05) is 18.4 Å². The van der Waals surface area contributed by atoms with Crippen LogP contribution in [0.15, 0.2) is 22.7 Å². The molecule has 1 aromatic rings. The van der Waals surface area contributed by atoms with Crippen LogP contribution in [0, 0.1) is 5.92 Å². The van der Waals surface area contributed by atoms with Crippen molar-refractivity contribution in [3.8, 4) is 0 Å². The molecule has 2 rings (SSSR count). The Morgan fingerprint density at radius 2 is 2.24 bits per heavy atom. The molecule has 0 radical (unpaired) electrons. The number of nitrogens with one attached hydrogen (secondary N) is 1. The molecule has 5 nitrogen and oxygen atoms in total. The SMILES string of the molecule is CCCC1CCN(C(=O)Nc2cc(Br)ccc2C(=O)O)C1. The molecule has 1 unspecified atom stereocenters. The van der Waals surface area contributed by atoms with Crippen LogP contribution in [-0.4, -0.2) is 35.1 Å². The van der Waals surface area contributed by atoms with Gasteiger partial charge in [0.25, 0.3) is 0 Å². The monoisotopic (exact) mass is 354 g/mol. The highest BCUT2D eigenvalue weighted by Gasteiger charge is 2.26. The number of benzene rings is 1. The third kappa shape index (κ3) is 3.97. The third-order valence-electron chi connectivity index (χ3n) is 3.72. The van der Waals surface area contributed by atoms with Gasteiger partial charge in [-0.1, -0.05) is 29.3 Å². The summed E-state index contributed by atoms with van der Waals surface area (Å²) in [5.74, 6) is -0.495. The fourth-order valence-corrected chi connectivity index (χ4v) is 3.02. The molecule has 1 aliphatic heterocycles. The van der Waals surface area contributed by atoms with E-state index in [1.807, 2.05) is 0 Å². The number of amides is 2. The maximum absolute atomic E-state index is 12.3. The number of carboxylic acid groups (broad SMARTS) is 1. The molecule has 0 spiro atoms. The summed E-state index contributed by atoms with van der Waals surface area (Å²) in [6.07, 6.45) is 3.27. The van der Waals surface area contributed by atoms with Gasteiger partial charge < -0.3 is 15.3 Å². The van der Waals surface area contributed by atoms with E-state index in [4.69, 9.17) is 5.11 Å². The summed E-state index contributed by atoms with van der Waals surface area (Å²) in [4.78, 5) is 25.2. The van der Waals surface area contributed by atoms with E-state index in [9.17, 15) is 9.59 Å². The van der Waals surface area contributed by atoms with E-state index >= 15 is 0 Å². The van der Waals surface area contributed by atoms with Crippen molar-refractivity contribution in [1.29, 1.82) is 0 Å². The summed E-state index contributed by atoms with van der Waals surface area (Å²) in [6, 6.07) is 4.51. The Bertz CT molecular complexity index is 548. The lowest BCUT2D eigenvalue weighted by Gasteiger charge is -2.18. The van der Waals surface area contributed by atoms with E-state index in [2.05, 4.69) is 28.2 Å². The predicted octanol–water partition coefficient (Wildman–Crippen LogP) is 3.80. The second kappa shape index (κ2) is 6.93. The van der Waals surface area contributed by atoms with Crippen LogP contribution in [0.1, 0.15) is 36.5 Å². The minimum atomic E-state index is -1.05. The predicted molar refractivity (Wildman–Crippen MR) is 84.7 cm³/mol. The van der Waals surface area contributed by atoms with Gasteiger partial charge in [-0.3, -0.25) is 0 Å². The first-order valence-electron chi connectivity index (χ1n) is 7.10. The molecule has 0 saturated carbocycles. The molecule has 1 saturated heterocycles. The standard InChI is InChI=1S/C15H19BrN2O3/c1-2-3-10-6-7-18(9-10)15(21)17-13-8-11(16)4-5-12(13)14(19)20/h4-5,8,10H,2-3,6-7,9H2,1H3,(H,17,21)(H,19,20). The molecule has 1 atom stereocenters. The Hall–Kier alpha value is -1.56. The zero-order valence-electron chi connectivity index (χ0n) is 11.9. The molecule has 2 N–H and O–H groups in total. The van der Waals surface area contributed by atoms with Crippen molar-refractivity contribution >= 4 is 33.6 Å². The first kappa shape index (κ1) is 15.8. The van der Waals surface area contributed by atoms with Crippen molar-refractivity contribution in [1.82, 2.24) is 4.90 Å².